The average Bonchev–Trinajstić information content (AvgIpc) is 2.52. The molecule has 1 aliphatic heterocycles. The second kappa shape index (κ2) is 7.42. The van der Waals surface area contributed by atoms with Gasteiger partial charge >= 0.3 is 6.03 Å². The van der Waals surface area contributed by atoms with Gasteiger partial charge in [0.2, 0.25) is 0 Å². The predicted molar refractivity (Wildman–Crippen MR) is 85.5 cm³/mol. The molecule has 0 bridgehead atoms. The number of amides is 3. The molecular weight excluding hydrogens is 296 g/mol. The van der Waals surface area contributed by atoms with Crippen LogP contribution in [0.25, 0.3) is 6.08 Å². The molecular formula is C16H18N4O3. The Kier molecular flexibility index (Phi) is 5.33. The van der Waals surface area contributed by atoms with Crippen molar-refractivity contribution in [3.63, 3.8) is 0 Å². The number of aryl methyl sites for hydroxylation is 1. The maximum Gasteiger partial charge on any atom is 0.319 e. The Bertz CT molecular complexity index is 685. The van der Waals surface area contributed by atoms with E-state index in [1.165, 1.54) is 6.08 Å². The van der Waals surface area contributed by atoms with Gasteiger partial charge in [-0.25, -0.2) is 4.79 Å². The van der Waals surface area contributed by atoms with Crippen molar-refractivity contribution in [3.05, 3.63) is 34.9 Å². The first-order valence-electron chi connectivity index (χ1n) is 7.17. The van der Waals surface area contributed by atoms with Gasteiger partial charge in [-0.3, -0.25) is 10.1 Å². The zero-order valence-electron chi connectivity index (χ0n) is 12.8. The summed E-state index contributed by atoms with van der Waals surface area (Å²) < 4.78 is 5.34. The number of nitrogens with two attached hydrogens (primary N) is 1. The summed E-state index contributed by atoms with van der Waals surface area (Å²) in [6.45, 7) is 5.04. The van der Waals surface area contributed by atoms with Crippen LogP contribution in [0.3, 0.4) is 0 Å². The molecule has 3 N–H and O–H groups in total. The lowest BCUT2D eigenvalue weighted by atomic mass is 10.1. The highest BCUT2D eigenvalue weighted by Gasteiger charge is 2.14. The summed E-state index contributed by atoms with van der Waals surface area (Å²) in [5.74, 6) is -0.810. The maximum absolute atomic E-state index is 11.7. The number of urea groups is 1. The molecule has 0 saturated carbocycles. The molecule has 1 aromatic carbocycles. The second-order valence-electron chi connectivity index (χ2n) is 5.13. The number of ether oxygens (including phenoxy) is 1. The predicted octanol–water partition coefficient (Wildman–Crippen LogP) is 0.933. The van der Waals surface area contributed by atoms with Gasteiger partial charge in [-0.05, 0) is 36.3 Å². The third kappa shape index (κ3) is 4.31. The number of hydrogen-bond acceptors (Lipinski definition) is 5. The van der Waals surface area contributed by atoms with Crippen molar-refractivity contribution in [2.45, 2.75) is 6.92 Å². The van der Waals surface area contributed by atoms with Crippen molar-refractivity contribution < 1.29 is 14.3 Å². The van der Waals surface area contributed by atoms with Crippen LogP contribution in [0.4, 0.5) is 10.5 Å². The molecule has 0 aliphatic carbocycles. The smallest absolute Gasteiger partial charge is 0.319 e. The molecule has 7 nitrogen and oxygen atoms in total. The lowest BCUT2D eigenvalue weighted by molar-refractivity contribution is -0.115. The minimum Gasteiger partial charge on any atom is -0.378 e. The molecule has 1 saturated heterocycles. The van der Waals surface area contributed by atoms with Gasteiger partial charge < -0.3 is 15.4 Å². The summed E-state index contributed by atoms with van der Waals surface area (Å²) in [4.78, 5) is 24.6. The highest BCUT2D eigenvalue weighted by molar-refractivity contribution is 6.08. The number of anilines is 1. The Labute approximate surface area is 134 Å². The Hall–Kier alpha value is -2.85. The van der Waals surface area contributed by atoms with Gasteiger partial charge in [0.15, 0.2) is 0 Å². The van der Waals surface area contributed by atoms with Crippen LogP contribution in [0.1, 0.15) is 11.1 Å². The molecule has 1 fully saturated rings. The van der Waals surface area contributed by atoms with Crippen molar-refractivity contribution in [1.29, 1.82) is 5.26 Å². The van der Waals surface area contributed by atoms with Gasteiger partial charge in [0.05, 0.1) is 13.2 Å². The fourth-order valence-electron chi connectivity index (χ4n) is 2.42. The van der Waals surface area contributed by atoms with Gasteiger partial charge in [0, 0.05) is 18.8 Å². The highest BCUT2D eigenvalue weighted by Crippen LogP contribution is 2.23. The van der Waals surface area contributed by atoms with E-state index in [1.54, 1.807) is 6.07 Å². The number of carbonyl (C=O) groups is 2. The monoisotopic (exact) mass is 314 g/mol. The lowest BCUT2D eigenvalue weighted by Crippen LogP contribution is -2.36. The zero-order valence-corrected chi connectivity index (χ0v) is 12.8. The van der Waals surface area contributed by atoms with E-state index in [2.05, 4.69) is 4.90 Å². The molecule has 0 radical (unpaired) electrons. The Morgan fingerprint density at radius 3 is 2.65 bits per heavy atom. The third-order valence-electron chi connectivity index (χ3n) is 3.49. The Balaban J connectivity index is 2.21. The van der Waals surface area contributed by atoms with E-state index in [0.717, 1.165) is 24.3 Å². The van der Waals surface area contributed by atoms with Gasteiger partial charge in [-0.15, -0.1) is 0 Å². The van der Waals surface area contributed by atoms with Crippen LogP contribution < -0.4 is 16.0 Å². The normalized spacial score (nSPS) is 15.0. The topological polar surface area (TPSA) is 108 Å². The molecule has 3 amide bonds. The van der Waals surface area contributed by atoms with Gasteiger partial charge in [0.1, 0.15) is 11.6 Å². The molecule has 0 unspecified atom stereocenters. The number of primary amides is 1. The second-order valence-corrected chi connectivity index (χ2v) is 5.13. The number of nitriles is 1. The van der Waals surface area contributed by atoms with E-state index in [9.17, 15) is 9.59 Å². The molecule has 1 aromatic rings. The summed E-state index contributed by atoms with van der Waals surface area (Å²) >= 11 is 0. The Morgan fingerprint density at radius 2 is 2.09 bits per heavy atom. The fraction of sp³-hybridized carbons (Fsp3) is 0.312. The molecule has 7 heteroatoms. The van der Waals surface area contributed by atoms with Crippen LogP contribution in [0, 0.1) is 18.3 Å². The van der Waals surface area contributed by atoms with E-state index in [4.69, 9.17) is 15.7 Å². The van der Waals surface area contributed by atoms with Crippen molar-refractivity contribution in [2.75, 3.05) is 31.2 Å². The molecule has 23 heavy (non-hydrogen) atoms. The molecule has 120 valence electrons. The first-order valence-corrected chi connectivity index (χ1v) is 7.17. The number of rotatable bonds is 3. The number of carbonyl (C=O) groups excluding carboxylic acids is 2. The van der Waals surface area contributed by atoms with Gasteiger partial charge in [0.25, 0.3) is 5.91 Å². The van der Waals surface area contributed by atoms with Crippen LogP contribution >= 0.6 is 0 Å². The maximum atomic E-state index is 11.7. The molecule has 1 heterocycles. The standard InChI is InChI=1S/C16H18N4O3/c1-11-8-12(9-13(10-17)15(21)19-16(18)22)2-3-14(11)20-4-6-23-7-5-20/h2-3,8-9H,4-7H2,1H3,(H3,18,19,21,22)/b13-9-. The van der Waals surface area contributed by atoms with Crippen molar-refractivity contribution >= 4 is 23.7 Å². The van der Waals surface area contributed by atoms with Crippen molar-refractivity contribution in [3.8, 4) is 6.07 Å². The number of benzene rings is 1. The van der Waals surface area contributed by atoms with Crippen LogP contribution in [0.2, 0.25) is 0 Å². The highest BCUT2D eigenvalue weighted by atomic mass is 16.5. The minimum absolute atomic E-state index is 0.178. The summed E-state index contributed by atoms with van der Waals surface area (Å²) in [5, 5.41) is 10.9. The third-order valence-corrected chi connectivity index (χ3v) is 3.49. The molecule has 0 atom stereocenters. The number of nitrogens with zero attached hydrogens (tertiary/aromatic N) is 2. The van der Waals surface area contributed by atoms with E-state index in [1.807, 2.05) is 30.4 Å². The van der Waals surface area contributed by atoms with Gasteiger partial charge in [-0.1, -0.05) is 6.07 Å². The number of morpholine rings is 1. The average molecular weight is 314 g/mol. The summed E-state index contributed by atoms with van der Waals surface area (Å²) in [7, 11) is 0. The zero-order chi connectivity index (χ0) is 16.8. The lowest BCUT2D eigenvalue weighted by Gasteiger charge is -2.30. The van der Waals surface area contributed by atoms with Crippen molar-refractivity contribution in [2.24, 2.45) is 5.73 Å². The quantitative estimate of drug-likeness (QED) is 0.637. The first kappa shape index (κ1) is 16.5. The summed E-state index contributed by atoms with van der Waals surface area (Å²) in [6, 6.07) is 6.44. The van der Waals surface area contributed by atoms with Gasteiger partial charge in [-0.2, -0.15) is 5.26 Å². The molecule has 0 aromatic heterocycles. The summed E-state index contributed by atoms with van der Waals surface area (Å²) in [6.07, 6.45) is 1.42. The minimum atomic E-state index is -0.991. The largest absolute Gasteiger partial charge is 0.378 e. The Morgan fingerprint density at radius 1 is 1.39 bits per heavy atom. The van der Waals surface area contributed by atoms with Crippen LogP contribution in [0.15, 0.2) is 23.8 Å². The van der Waals surface area contributed by atoms with E-state index >= 15 is 0 Å². The SMILES string of the molecule is Cc1cc(/C=C(/C#N)C(=O)NC(N)=O)ccc1N1CCOCC1. The molecule has 1 aliphatic rings. The first-order chi connectivity index (χ1) is 11.0. The molecule has 0 spiro atoms. The van der Waals surface area contributed by atoms with E-state index in [-0.39, 0.29) is 5.57 Å². The number of nitrogens with one attached hydrogen (secondary N) is 1. The molecule has 2 rings (SSSR count). The van der Waals surface area contributed by atoms with E-state index in [0.29, 0.717) is 18.8 Å². The fourth-order valence-corrected chi connectivity index (χ4v) is 2.42. The van der Waals surface area contributed by atoms with Crippen LogP contribution in [0.5, 0.6) is 0 Å². The summed E-state index contributed by atoms with van der Waals surface area (Å²) in [5.41, 5.74) is 7.55. The van der Waals surface area contributed by atoms with Crippen LogP contribution in [-0.2, 0) is 9.53 Å². The number of imide groups is 1. The number of hydrogen-bond donors (Lipinski definition) is 2. The van der Waals surface area contributed by atoms with Crippen molar-refractivity contribution in [1.82, 2.24) is 5.32 Å². The van der Waals surface area contributed by atoms with E-state index < -0.39 is 11.9 Å². The van der Waals surface area contributed by atoms with Crippen LogP contribution in [-0.4, -0.2) is 38.2 Å².